The van der Waals surface area contributed by atoms with E-state index in [-0.39, 0.29) is 6.54 Å². The van der Waals surface area contributed by atoms with E-state index in [0.717, 1.165) is 11.4 Å². The van der Waals surface area contributed by atoms with E-state index in [4.69, 9.17) is 23.2 Å². The fourth-order valence-electron chi connectivity index (χ4n) is 2.24. The Morgan fingerprint density at radius 2 is 2.00 bits per heavy atom. The summed E-state index contributed by atoms with van der Waals surface area (Å²) in [6.45, 7) is 0.237. The zero-order chi connectivity index (χ0) is 17.8. The number of pyridine rings is 1. The first-order valence-electron chi connectivity index (χ1n) is 7.38. The molecular formula is C17H14Cl2N4O2. The number of benzene rings is 1. The lowest BCUT2D eigenvalue weighted by Gasteiger charge is -2.12. The summed E-state index contributed by atoms with van der Waals surface area (Å²) in [6, 6.07) is 8.19. The number of hydrogen-bond donors (Lipinski definition) is 2. The molecule has 3 aromatic rings. The van der Waals surface area contributed by atoms with Crippen LogP contribution in [0.15, 0.2) is 55.2 Å². The number of nitrogens with one attached hydrogen (secondary N) is 1. The van der Waals surface area contributed by atoms with Gasteiger partial charge in [0.15, 0.2) is 6.10 Å². The van der Waals surface area contributed by atoms with Crippen molar-refractivity contribution in [2.45, 2.75) is 12.6 Å². The minimum Gasteiger partial charge on any atom is -0.378 e. The minimum absolute atomic E-state index is 0.237. The van der Waals surface area contributed by atoms with Crippen LogP contribution in [0.5, 0.6) is 0 Å². The van der Waals surface area contributed by atoms with Crippen molar-refractivity contribution >= 4 is 29.1 Å². The third-order valence-electron chi connectivity index (χ3n) is 3.49. The molecule has 0 saturated heterocycles. The molecule has 1 amide bonds. The summed E-state index contributed by atoms with van der Waals surface area (Å²) in [6.07, 6.45) is 5.40. The number of amides is 1. The maximum atomic E-state index is 12.1. The van der Waals surface area contributed by atoms with Gasteiger partial charge in [0.2, 0.25) is 0 Å². The summed E-state index contributed by atoms with van der Waals surface area (Å²) in [5.41, 5.74) is 1.14. The van der Waals surface area contributed by atoms with Crippen molar-refractivity contribution in [3.8, 4) is 5.82 Å². The van der Waals surface area contributed by atoms with E-state index in [0.29, 0.717) is 15.6 Å². The largest absolute Gasteiger partial charge is 0.378 e. The van der Waals surface area contributed by atoms with Crippen molar-refractivity contribution in [1.29, 1.82) is 0 Å². The number of carbonyl (C=O) groups is 1. The highest BCUT2D eigenvalue weighted by Gasteiger charge is 2.18. The molecule has 1 atom stereocenters. The van der Waals surface area contributed by atoms with E-state index in [1.165, 1.54) is 18.2 Å². The average molecular weight is 377 g/mol. The summed E-state index contributed by atoms with van der Waals surface area (Å²) < 4.78 is 1.77. The molecule has 2 heterocycles. The summed E-state index contributed by atoms with van der Waals surface area (Å²) in [5.74, 6) is 0.179. The van der Waals surface area contributed by atoms with E-state index in [1.807, 2.05) is 12.1 Å². The summed E-state index contributed by atoms with van der Waals surface area (Å²) >= 11 is 11.8. The quantitative estimate of drug-likeness (QED) is 0.717. The van der Waals surface area contributed by atoms with Crippen LogP contribution in [0, 0.1) is 0 Å². The first kappa shape index (κ1) is 17.4. The molecular weight excluding hydrogens is 363 g/mol. The van der Waals surface area contributed by atoms with Crippen molar-refractivity contribution in [2.24, 2.45) is 0 Å². The van der Waals surface area contributed by atoms with Crippen LogP contribution in [0.25, 0.3) is 5.82 Å². The van der Waals surface area contributed by atoms with Gasteiger partial charge in [0.05, 0.1) is 0 Å². The topological polar surface area (TPSA) is 80.0 Å². The van der Waals surface area contributed by atoms with Crippen LogP contribution in [-0.4, -0.2) is 25.5 Å². The number of hydrogen-bond acceptors (Lipinski definition) is 4. The standard InChI is InChI=1S/C17H14Cl2N4O2/c18-13-5-12(6-14(19)7-13)16(24)17(25)22-9-11-1-2-15(21-8-11)23-4-3-20-10-23/h1-8,10,16,24H,9H2,(H,22,25). The van der Waals surface area contributed by atoms with Gasteiger partial charge >= 0.3 is 0 Å². The predicted molar refractivity (Wildman–Crippen MR) is 94.6 cm³/mol. The van der Waals surface area contributed by atoms with Gasteiger partial charge < -0.3 is 10.4 Å². The minimum atomic E-state index is -1.35. The molecule has 1 aromatic carbocycles. The summed E-state index contributed by atoms with van der Waals surface area (Å²) in [4.78, 5) is 20.4. The predicted octanol–water partition coefficient (Wildman–Crippen LogP) is 2.92. The molecule has 1 unspecified atom stereocenters. The number of nitrogens with zero attached hydrogens (tertiary/aromatic N) is 3. The molecule has 0 aliphatic rings. The second kappa shape index (κ2) is 7.65. The molecule has 0 aliphatic heterocycles. The van der Waals surface area contributed by atoms with Crippen LogP contribution < -0.4 is 5.32 Å². The van der Waals surface area contributed by atoms with Crippen molar-refractivity contribution in [3.05, 3.63) is 76.4 Å². The average Bonchev–Trinajstić information content (AvgIpc) is 3.13. The molecule has 2 aromatic heterocycles. The van der Waals surface area contributed by atoms with Crippen LogP contribution >= 0.6 is 23.2 Å². The molecule has 0 aliphatic carbocycles. The van der Waals surface area contributed by atoms with E-state index < -0.39 is 12.0 Å². The van der Waals surface area contributed by atoms with E-state index >= 15 is 0 Å². The number of aliphatic hydroxyl groups is 1. The molecule has 25 heavy (non-hydrogen) atoms. The fourth-order valence-corrected chi connectivity index (χ4v) is 2.78. The Balaban J connectivity index is 1.61. The van der Waals surface area contributed by atoms with Crippen molar-refractivity contribution in [1.82, 2.24) is 19.9 Å². The monoisotopic (exact) mass is 376 g/mol. The van der Waals surface area contributed by atoms with Gasteiger partial charge in [0.25, 0.3) is 5.91 Å². The molecule has 0 radical (unpaired) electrons. The van der Waals surface area contributed by atoms with Crippen LogP contribution in [0.2, 0.25) is 10.0 Å². The highest BCUT2D eigenvalue weighted by atomic mass is 35.5. The molecule has 3 rings (SSSR count). The molecule has 0 saturated carbocycles. The van der Waals surface area contributed by atoms with Crippen LogP contribution in [0.4, 0.5) is 0 Å². The van der Waals surface area contributed by atoms with Gasteiger partial charge in [0, 0.05) is 35.2 Å². The number of rotatable bonds is 5. The van der Waals surface area contributed by atoms with Crippen molar-refractivity contribution in [3.63, 3.8) is 0 Å². The Kier molecular flexibility index (Phi) is 5.33. The lowest BCUT2D eigenvalue weighted by atomic mass is 10.1. The Hall–Kier alpha value is -2.41. The number of halogens is 2. The fraction of sp³-hybridized carbons (Fsp3) is 0.118. The lowest BCUT2D eigenvalue weighted by Crippen LogP contribution is -2.28. The highest BCUT2D eigenvalue weighted by molar-refractivity contribution is 6.34. The van der Waals surface area contributed by atoms with E-state index in [2.05, 4.69) is 15.3 Å². The zero-order valence-corrected chi connectivity index (χ0v) is 14.4. The van der Waals surface area contributed by atoms with Gasteiger partial charge in [-0.2, -0.15) is 0 Å². The van der Waals surface area contributed by atoms with Crippen LogP contribution in [-0.2, 0) is 11.3 Å². The molecule has 0 spiro atoms. The Morgan fingerprint density at radius 3 is 2.60 bits per heavy atom. The molecule has 2 N–H and O–H groups in total. The normalized spacial score (nSPS) is 12.0. The Morgan fingerprint density at radius 1 is 1.24 bits per heavy atom. The van der Waals surface area contributed by atoms with E-state index in [9.17, 15) is 9.90 Å². The molecule has 6 nitrogen and oxygen atoms in total. The van der Waals surface area contributed by atoms with Crippen LogP contribution in [0.3, 0.4) is 0 Å². The number of carbonyl (C=O) groups excluding carboxylic acids is 1. The Labute approximate surface area is 154 Å². The third-order valence-corrected chi connectivity index (χ3v) is 3.93. The van der Waals surface area contributed by atoms with Gasteiger partial charge in [-0.1, -0.05) is 29.3 Å². The maximum absolute atomic E-state index is 12.1. The summed E-state index contributed by atoms with van der Waals surface area (Å²) in [5, 5.41) is 13.5. The molecule has 0 bridgehead atoms. The maximum Gasteiger partial charge on any atom is 0.253 e. The zero-order valence-electron chi connectivity index (χ0n) is 12.9. The smallest absolute Gasteiger partial charge is 0.253 e. The first-order valence-corrected chi connectivity index (χ1v) is 8.13. The number of aromatic nitrogens is 3. The number of aliphatic hydroxyl groups excluding tert-OH is 1. The third kappa shape index (κ3) is 4.36. The molecule has 0 fully saturated rings. The van der Waals surface area contributed by atoms with Gasteiger partial charge in [-0.25, -0.2) is 9.97 Å². The van der Waals surface area contributed by atoms with Gasteiger partial charge in [-0.3, -0.25) is 9.36 Å². The highest BCUT2D eigenvalue weighted by Crippen LogP contribution is 2.23. The van der Waals surface area contributed by atoms with E-state index in [1.54, 1.807) is 29.5 Å². The summed E-state index contributed by atoms with van der Waals surface area (Å²) in [7, 11) is 0. The number of imidazole rings is 1. The lowest BCUT2D eigenvalue weighted by molar-refractivity contribution is -0.129. The molecule has 128 valence electrons. The second-order valence-electron chi connectivity index (χ2n) is 5.32. The van der Waals surface area contributed by atoms with Gasteiger partial charge in [-0.05, 0) is 35.4 Å². The molecule has 8 heteroatoms. The van der Waals surface area contributed by atoms with Crippen LogP contribution in [0.1, 0.15) is 17.2 Å². The Bertz CT molecular complexity index is 847. The second-order valence-corrected chi connectivity index (χ2v) is 6.19. The van der Waals surface area contributed by atoms with Crippen molar-refractivity contribution in [2.75, 3.05) is 0 Å². The van der Waals surface area contributed by atoms with Gasteiger partial charge in [-0.15, -0.1) is 0 Å². The van der Waals surface area contributed by atoms with Gasteiger partial charge in [0.1, 0.15) is 12.1 Å². The SMILES string of the molecule is O=C(NCc1ccc(-n2ccnc2)nc1)C(O)c1cc(Cl)cc(Cl)c1. The first-order chi connectivity index (χ1) is 12.0. The van der Waals surface area contributed by atoms with Crippen molar-refractivity contribution < 1.29 is 9.90 Å².